The molecule has 134 valence electrons. The lowest BCUT2D eigenvalue weighted by atomic mass is 10.2. The number of nitrogens with one attached hydrogen (secondary N) is 2. The van der Waals surface area contributed by atoms with Crippen molar-refractivity contribution in [1.29, 1.82) is 0 Å². The Labute approximate surface area is 158 Å². The molecule has 0 aliphatic carbocycles. The van der Waals surface area contributed by atoms with E-state index in [0.717, 1.165) is 40.0 Å². The molecule has 1 aromatic carbocycles. The molecule has 1 aliphatic heterocycles. The topological polar surface area (TPSA) is 74.4 Å². The summed E-state index contributed by atoms with van der Waals surface area (Å²) in [7, 11) is 1.32. The van der Waals surface area contributed by atoms with Gasteiger partial charge in [0.2, 0.25) is 5.91 Å². The molecule has 1 aromatic heterocycles. The molecule has 2 heterocycles. The fourth-order valence-corrected chi connectivity index (χ4v) is 4.20. The molecule has 3 rings (SSSR count). The lowest BCUT2D eigenvalue weighted by molar-refractivity contribution is -0.120. The molecule has 8 heteroatoms. The fraction of sp³-hybridized carbons (Fsp3) is 0.412. The second-order valence-corrected chi connectivity index (χ2v) is 8.01. The highest BCUT2D eigenvalue weighted by Crippen LogP contribution is 2.31. The van der Waals surface area contributed by atoms with Crippen molar-refractivity contribution < 1.29 is 14.3 Å². The Morgan fingerprint density at radius 2 is 2.08 bits per heavy atom. The molecular formula is C17H20BrN3O3S. The first-order valence-corrected chi connectivity index (χ1v) is 9.98. The van der Waals surface area contributed by atoms with Gasteiger partial charge in [-0.1, -0.05) is 15.9 Å². The molecule has 2 aromatic rings. The van der Waals surface area contributed by atoms with E-state index in [0.29, 0.717) is 5.69 Å². The van der Waals surface area contributed by atoms with Gasteiger partial charge in [0.1, 0.15) is 5.69 Å². The molecule has 6 nitrogen and oxygen atoms in total. The number of esters is 1. The summed E-state index contributed by atoms with van der Waals surface area (Å²) in [4.78, 5) is 30.1. The number of carbonyl (C=O) groups is 2. The fourth-order valence-electron chi connectivity index (χ4n) is 2.91. The number of ether oxygens (including phenoxy) is 1. The van der Waals surface area contributed by atoms with E-state index in [1.165, 1.54) is 7.11 Å². The smallest absolute Gasteiger partial charge is 0.356 e. The Morgan fingerprint density at radius 1 is 1.36 bits per heavy atom. The van der Waals surface area contributed by atoms with Crippen molar-refractivity contribution in [1.82, 2.24) is 9.88 Å². The maximum absolute atomic E-state index is 12.8. The zero-order valence-corrected chi connectivity index (χ0v) is 16.5. The Hall–Kier alpha value is -1.51. The lowest BCUT2D eigenvalue weighted by Crippen LogP contribution is -2.46. The SMILES string of the molecule is COC(=O)c1[nH]c2ccc(Br)cc2c1NC(=O)[C@H](C)N1CCSCC1. The zero-order valence-electron chi connectivity index (χ0n) is 14.1. The van der Waals surface area contributed by atoms with E-state index in [1.54, 1.807) is 0 Å². The van der Waals surface area contributed by atoms with Crippen LogP contribution in [0.3, 0.4) is 0 Å². The Morgan fingerprint density at radius 3 is 2.76 bits per heavy atom. The highest BCUT2D eigenvalue weighted by atomic mass is 79.9. The van der Waals surface area contributed by atoms with Crippen molar-refractivity contribution in [3.05, 3.63) is 28.4 Å². The highest BCUT2D eigenvalue weighted by Gasteiger charge is 2.26. The quantitative estimate of drug-likeness (QED) is 0.736. The van der Waals surface area contributed by atoms with Gasteiger partial charge in [0.15, 0.2) is 0 Å². The molecule has 0 spiro atoms. The summed E-state index contributed by atoms with van der Waals surface area (Å²) >= 11 is 5.34. The Balaban J connectivity index is 1.91. The van der Waals surface area contributed by atoms with Crippen LogP contribution in [0.4, 0.5) is 5.69 Å². The summed E-state index contributed by atoms with van der Waals surface area (Å²) in [5.74, 6) is 1.43. The number of hydrogen-bond acceptors (Lipinski definition) is 5. The van der Waals surface area contributed by atoms with Gasteiger partial charge in [-0.25, -0.2) is 4.79 Å². The van der Waals surface area contributed by atoms with Crippen LogP contribution in [0.1, 0.15) is 17.4 Å². The van der Waals surface area contributed by atoms with Crippen LogP contribution in [0, 0.1) is 0 Å². The van der Waals surface area contributed by atoms with Crippen LogP contribution in [-0.4, -0.2) is 59.5 Å². The van der Waals surface area contributed by atoms with Gasteiger partial charge < -0.3 is 15.0 Å². The standard InChI is InChI=1S/C17H20BrN3O3S/c1-10(21-5-7-25-8-6-21)16(22)20-14-12-9-11(18)3-4-13(12)19-15(14)17(23)24-2/h3-4,9-10,19H,5-8H2,1-2H3,(H,20,22)/t10-/m0/s1. The van der Waals surface area contributed by atoms with E-state index in [4.69, 9.17) is 4.74 Å². The van der Waals surface area contributed by atoms with E-state index in [9.17, 15) is 9.59 Å². The van der Waals surface area contributed by atoms with Gasteiger partial charge in [0, 0.05) is 40.0 Å². The number of aromatic amines is 1. The van der Waals surface area contributed by atoms with Crippen molar-refractivity contribution >= 4 is 56.2 Å². The maximum atomic E-state index is 12.8. The average molecular weight is 426 g/mol. The van der Waals surface area contributed by atoms with Gasteiger partial charge in [0.25, 0.3) is 0 Å². The number of anilines is 1. The summed E-state index contributed by atoms with van der Waals surface area (Å²) in [6, 6.07) is 5.34. The molecule has 1 amide bonds. The summed E-state index contributed by atoms with van der Waals surface area (Å²) in [5.41, 5.74) is 1.48. The third-order valence-electron chi connectivity index (χ3n) is 4.37. The van der Waals surface area contributed by atoms with E-state index in [-0.39, 0.29) is 17.6 Å². The number of fused-ring (bicyclic) bond motifs is 1. The van der Waals surface area contributed by atoms with Gasteiger partial charge in [-0.15, -0.1) is 0 Å². The Bertz CT molecular complexity index is 802. The minimum Gasteiger partial charge on any atom is -0.464 e. The number of H-pyrrole nitrogens is 1. The number of nitrogens with zero attached hydrogens (tertiary/aromatic N) is 1. The first-order valence-electron chi connectivity index (χ1n) is 8.03. The normalized spacial score (nSPS) is 16.6. The van der Waals surface area contributed by atoms with Gasteiger partial charge in [-0.2, -0.15) is 11.8 Å². The molecule has 1 fully saturated rings. The van der Waals surface area contributed by atoms with E-state index >= 15 is 0 Å². The second-order valence-electron chi connectivity index (χ2n) is 5.87. The predicted molar refractivity (Wildman–Crippen MR) is 104 cm³/mol. The van der Waals surface area contributed by atoms with Crippen molar-refractivity contribution in [2.45, 2.75) is 13.0 Å². The van der Waals surface area contributed by atoms with E-state index < -0.39 is 5.97 Å². The van der Waals surface area contributed by atoms with Gasteiger partial charge >= 0.3 is 5.97 Å². The molecule has 1 aliphatic rings. The van der Waals surface area contributed by atoms with E-state index in [1.807, 2.05) is 36.9 Å². The van der Waals surface area contributed by atoms with Crippen LogP contribution >= 0.6 is 27.7 Å². The maximum Gasteiger partial charge on any atom is 0.356 e. The van der Waals surface area contributed by atoms with Gasteiger partial charge in [-0.05, 0) is 25.1 Å². The van der Waals surface area contributed by atoms with Crippen molar-refractivity contribution in [2.75, 3.05) is 37.0 Å². The van der Waals surface area contributed by atoms with Crippen molar-refractivity contribution in [3.8, 4) is 0 Å². The van der Waals surface area contributed by atoms with Crippen LogP contribution in [0.2, 0.25) is 0 Å². The number of benzene rings is 1. The largest absolute Gasteiger partial charge is 0.464 e. The summed E-state index contributed by atoms with van der Waals surface area (Å²) < 4.78 is 5.72. The van der Waals surface area contributed by atoms with Crippen molar-refractivity contribution in [2.24, 2.45) is 0 Å². The van der Waals surface area contributed by atoms with Gasteiger partial charge in [-0.3, -0.25) is 9.69 Å². The Kier molecular flexibility index (Phi) is 5.71. The second kappa shape index (κ2) is 7.80. The molecule has 1 saturated heterocycles. The number of hydrogen-bond donors (Lipinski definition) is 2. The molecule has 0 unspecified atom stereocenters. The van der Waals surface area contributed by atoms with Crippen LogP contribution in [0.5, 0.6) is 0 Å². The number of carbonyl (C=O) groups excluding carboxylic acids is 2. The molecule has 2 N–H and O–H groups in total. The van der Waals surface area contributed by atoms with Crippen LogP contribution in [0.25, 0.3) is 10.9 Å². The monoisotopic (exact) mass is 425 g/mol. The third kappa shape index (κ3) is 3.86. The number of thioether (sulfide) groups is 1. The first kappa shape index (κ1) is 18.3. The predicted octanol–water partition coefficient (Wildman–Crippen LogP) is 3.09. The minimum absolute atomic E-state index is 0.127. The lowest BCUT2D eigenvalue weighted by Gasteiger charge is -2.31. The molecule has 0 saturated carbocycles. The summed E-state index contributed by atoms with van der Waals surface area (Å²) in [5, 5.41) is 3.70. The molecule has 25 heavy (non-hydrogen) atoms. The number of aromatic nitrogens is 1. The van der Waals surface area contributed by atoms with Crippen LogP contribution < -0.4 is 5.32 Å². The third-order valence-corrected chi connectivity index (χ3v) is 5.81. The van der Waals surface area contributed by atoms with Crippen LogP contribution in [-0.2, 0) is 9.53 Å². The zero-order chi connectivity index (χ0) is 18.0. The first-order chi connectivity index (χ1) is 12.0. The highest BCUT2D eigenvalue weighted by molar-refractivity contribution is 9.10. The van der Waals surface area contributed by atoms with Gasteiger partial charge in [0.05, 0.1) is 18.8 Å². The number of methoxy groups -OCH3 is 1. The number of rotatable bonds is 4. The van der Waals surface area contributed by atoms with Crippen molar-refractivity contribution in [3.63, 3.8) is 0 Å². The summed E-state index contributed by atoms with van der Waals surface area (Å²) in [6.45, 7) is 3.68. The van der Waals surface area contributed by atoms with E-state index in [2.05, 4.69) is 31.1 Å². The van der Waals surface area contributed by atoms with Crippen LogP contribution in [0.15, 0.2) is 22.7 Å². The average Bonchev–Trinajstić information content (AvgIpc) is 2.98. The number of amides is 1. The molecular weight excluding hydrogens is 406 g/mol. The molecule has 0 bridgehead atoms. The number of halogens is 1. The molecule has 1 atom stereocenters. The molecule has 0 radical (unpaired) electrons. The minimum atomic E-state index is -0.510. The summed E-state index contributed by atoms with van der Waals surface area (Å²) in [6.07, 6.45) is 0.